The fourth-order valence-corrected chi connectivity index (χ4v) is 4.02. The number of carbonyl (C=O) groups is 4. The van der Waals surface area contributed by atoms with E-state index in [1.165, 1.54) is 24.7 Å². The molecule has 0 aliphatic carbocycles. The summed E-state index contributed by atoms with van der Waals surface area (Å²) in [6.45, 7) is 1.41. The minimum absolute atomic E-state index is 0.0285. The lowest BCUT2D eigenvalue weighted by molar-refractivity contribution is -0.141. The molecule has 34 heavy (non-hydrogen) atoms. The molecule has 1 atom stereocenters. The Bertz CT molecular complexity index is 1120. The van der Waals surface area contributed by atoms with Crippen LogP contribution in [0.4, 0.5) is 4.79 Å². The first-order valence-electron chi connectivity index (χ1n) is 10.2. The molecule has 0 fully saturated rings. The first-order chi connectivity index (χ1) is 16.1. The Morgan fingerprint density at radius 2 is 1.74 bits per heavy atom. The molecule has 0 aliphatic rings. The number of rotatable bonds is 12. The number of H-pyrrole nitrogens is 1. The number of nitrogens with one attached hydrogen (secondary N) is 5. The zero-order valence-electron chi connectivity index (χ0n) is 18.3. The number of aliphatic carboxylic acids is 1. The van der Waals surface area contributed by atoms with Gasteiger partial charge >= 0.3 is 12.0 Å². The predicted octanol–water partition coefficient (Wildman–Crippen LogP) is -0.585. The van der Waals surface area contributed by atoms with E-state index in [4.69, 9.17) is 0 Å². The predicted molar refractivity (Wildman–Crippen MR) is 119 cm³/mol. The maximum Gasteiger partial charge on any atom is 0.328 e. The van der Waals surface area contributed by atoms with Crippen molar-refractivity contribution >= 4 is 33.8 Å². The van der Waals surface area contributed by atoms with Crippen LogP contribution in [-0.2, 0) is 30.8 Å². The normalized spacial score (nSPS) is 11.8. The highest BCUT2D eigenvalue weighted by Crippen LogP contribution is 2.13. The Labute approximate surface area is 195 Å². The number of carboxylic acid groups (broad SMARTS) is 1. The molecule has 14 heteroatoms. The van der Waals surface area contributed by atoms with Gasteiger partial charge in [-0.1, -0.05) is 18.2 Å². The average Bonchev–Trinajstić information content (AvgIpc) is 3.26. The Hall–Kier alpha value is -3.94. The summed E-state index contributed by atoms with van der Waals surface area (Å²) in [6.07, 6.45) is 2.57. The van der Waals surface area contributed by atoms with Gasteiger partial charge in [-0.3, -0.25) is 9.59 Å². The summed E-state index contributed by atoms with van der Waals surface area (Å²) in [6, 6.07) is 4.03. The van der Waals surface area contributed by atoms with Gasteiger partial charge in [0, 0.05) is 44.2 Å². The molecule has 0 bridgehead atoms. The summed E-state index contributed by atoms with van der Waals surface area (Å²) in [5, 5.41) is 16.3. The number of imidazole rings is 1. The van der Waals surface area contributed by atoms with Crippen LogP contribution in [0.2, 0.25) is 0 Å². The van der Waals surface area contributed by atoms with Crippen LogP contribution in [0.25, 0.3) is 0 Å². The van der Waals surface area contributed by atoms with E-state index in [9.17, 15) is 32.7 Å². The molecular weight excluding hydrogens is 468 g/mol. The molecule has 0 spiro atoms. The lowest BCUT2D eigenvalue weighted by atomic mass is 10.1. The Kier molecular flexibility index (Phi) is 9.55. The minimum Gasteiger partial charge on any atom is -0.480 e. The van der Waals surface area contributed by atoms with Gasteiger partial charge in [0.1, 0.15) is 6.04 Å². The second-order valence-corrected chi connectivity index (χ2v) is 8.87. The summed E-state index contributed by atoms with van der Waals surface area (Å²) in [5.41, 5.74) is 1.02. The Balaban J connectivity index is 1.66. The van der Waals surface area contributed by atoms with E-state index in [0.29, 0.717) is 11.3 Å². The molecular formula is C20H26N6O7S. The largest absolute Gasteiger partial charge is 0.480 e. The zero-order valence-corrected chi connectivity index (χ0v) is 19.1. The van der Waals surface area contributed by atoms with Crippen molar-refractivity contribution in [3.05, 3.63) is 48.0 Å². The fourth-order valence-electron chi connectivity index (χ4n) is 2.85. The number of aromatic amines is 1. The quantitative estimate of drug-likeness (QED) is 0.225. The maximum absolute atomic E-state index is 12.2. The van der Waals surface area contributed by atoms with Gasteiger partial charge in [-0.05, 0) is 18.6 Å². The van der Waals surface area contributed by atoms with Crippen LogP contribution < -0.4 is 20.7 Å². The second kappa shape index (κ2) is 12.3. The van der Waals surface area contributed by atoms with Crippen LogP contribution >= 0.6 is 0 Å². The lowest BCUT2D eigenvalue weighted by Gasteiger charge is -2.14. The molecule has 0 saturated heterocycles. The van der Waals surface area contributed by atoms with E-state index in [1.54, 1.807) is 19.1 Å². The van der Waals surface area contributed by atoms with E-state index in [1.807, 2.05) is 4.72 Å². The van der Waals surface area contributed by atoms with Crippen molar-refractivity contribution in [1.29, 1.82) is 0 Å². The van der Waals surface area contributed by atoms with Crippen molar-refractivity contribution in [2.45, 2.75) is 37.1 Å². The van der Waals surface area contributed by atoms with Gasteiger partial charge in [-0.15, -0.1) is 0 Å². The van der Waals surface area contributed by atoms with E-state index in [-0.39, 0.29) is 37.2 Å². The molecule has 0 aliphatic heterocycles. The van der Waals surface area contributed by atoms with Gasteiger partial charge in [0.15, 0.2) is 0 Å². The number of sulfonamides is 1. The molecule has 2 rings (SSSR count). The van der Waals surface area contributed by atoms with Gasteiger partial charge in [-0.2, -0.15) is 0 Å². The minimum atomic E-state index is -4.05. The third-order valence-electron chi connectivity index (χ3n) is 4.53. The number of carbonyl (C=O) groups excluding carboxylic acids is 3. The Morgan fingerprint density at radius 3 is 2.38 bits per heavy atom. The Morgan fingerprint density at radius 1 is 1.06 bits per heavy atom. The van der Waals surface area contributed by atoms with Crippen LogP contribution in [0.5, 0.6) is 0 Å². The average molecular weight is 495 g/mol. The van der Waals surface area contributed by atoms with Crippen molar-refractivity contribution in [2.75, 3.05) is 13.1 Å². The SMILES string of the molecule is Cc1ccccc1S(=O)(=O)NC(=O)NCCC(=O)NCCC(=O)NC(Cc1cnc[nH]1)C(=O)O. The zero-order chi connectivity index (χ0) is 25.1. The second-order valence-electron chi connectivity index (χ2n) is 7.22. The molecule has 4 amide bonds. The van der Waals surface area contributed by atoms with E-state index >= 15 is 0 Å². The standard InChI is InChI=1S/C20H26N6O7S/c1-13-4-2-3-5-16(13)34(32,33)26-20(31)23-9-6-17(27)22-8-7-18(28)25-15(19(29)30)10-14-11-21-12-24-14/h2-5,11-12,15H,6-10H2,1H3,(H,21,24)(H,22,27)(H,25,28)(H,29,30)(H2,23,26,31). The van der Waals surface area contributed by atoms with Crippen molar-refractivity contribution < 1.29 is 32.7 Å². The summed E-state index contributed by atoms with van der Waals surface area (Å²) in [7, 11) is -4.05. The number of hydrogen-bond donors (Lipinski definition) is 6. The van der Waals surface area contributed by atoms with Crippen LogP contribution in [0.15, 0.2) is 41.7 Å². The fraction of sp³-hybridized carbons (Fsp3) is 0.350. The third-order valence-corrected chi connectivity index (χ3v) is 6.03. The van der Waals surface area contributed by atoms with E-state index in [2.05, 4.69) is 25.9 Å². The topological polar surface area (TPSA) is 199 Å². The summed E-state index contributed by atoms with van der Waals surface area (Å²) < 4.78 is 26.4. The van der Waals surface area contributed by atoms with Gasteiger partial charge in [0.25, 0.3) is 10.0 Å². The number of hydrogen-bond acceptors (Lipinski definition) is 7. The van der Waals surface area contributed by atoms with Gasteiger partial charge in [-0.25, -0.2) is 27.7 Å². The highest BCUT2D eigenvalue weighted by atomic mass is 32.2. The lowest BCUT2D eigenvalue weighted by Crippen LogP contribution is -2.43. The molecule has 0 radical (unpaired) electrons. The number of aryl methyl sites for hydroxylation is 1. The van der Waals surface area contributed by atoms with E-state index in [0.717, 1.165) is 0 Å². The van der Waals surface area contributed by atoms with Crippen LogP contribution in [0.3, 0.4) is 0 Å². The number of urea groups is 1. The molecule has 1 aromatic heterocycles. The van der Waals surface area contributed by atoms with Crippen molar-refractivity contribution in [1.82, 2.24) is 30.6 Å². The number of carboxylic acids is 1. The van der Waals surface area contributed by atoms with E-state index < -0.39 is 39.9 Å². The van der Waals surface area contributed by atoms with Crippen molar-refractivity contribution in [3.8, 4) is 0 Å². The van der Waals surface area contributed by atoms with Crippen molar-refractivity contribution in [2.24, 2.45) is 0 Å². The molecule has 2 aromatic rings. The molecule has 13 nitrogen and oxygen atoms in total. The molecule has 0 saturated carbocycles. The molecule has 184 valence electrons. The smallest absolute Gasteiger partial charge is 0.328 e. The highest BCUT2D eigenvalue weighted by molar-refractivity contribution is 7.90. The summed E-state index contributed by atoms with van der Waals surface area (Å²) in [4.78, 5) is 53.5. The van der Waals surface area contributed by atoms with Gasteiger partial charge in [0.05, 0.1) is 11.2 Å². The van der Waals surface area contributed by atoms with Crippen LogP contribution in [0.1, 0.15) is 24.1 Å². The maximum atomic E-state index is 12.2. The summed E-state index contributed by atoms with van der Waals surface area (Å²) in [5.74, 6) is -2.26. The first-order valence-corrected chi connectivity index (χ1v) is 11.7. The van der Waals surface area contributed by atoms with Gasteiger partial charge in [0.2, 0.25) is 11.8 Å². The van der Waals surface area contributed by atoms with Crippen LogP contribution in [-0.4, -0.2) is 66.4 Å². The highest BCUT2D eigenvalue weighted by Gasteiger charge is 2.21. The number of aromatic nitrogens is 2. The third kappa shape index (κ3) is 8.54. The number of benzene rings is 1. The molecule has 1 unspecified atom stereocenters. The summed E-state index contributed by atoms with van der Waals surface area (Å²) >= 11 is 0. The van der Waals surface area contributed by atoms with Gasteiger partial charge < -0.3 is 26.0 Å². The van der Waals surface area contributed by atoms with Crippen molar-refractivity contribution in [3.63, 3.8) is 0 Å². The monoisotopic (exact) mass is 494 g/mol. The number of amides is 4. The van der Waals surface area contributed by atoms with Crippen LogP contribution in [0, 0.1) is 6.92 Å². The molecule has 1 heterocycles. The molecule has 6 N–H and O–H groups in total. The number of nitrogens with zero attached hydrogens (tertiary/aromatic N) is 1. The molecule has 1 aromatic carbocycles. The first kappa shape index (κ1) is 26.3.